The maximum Gasteiger partial charge on any atom is 0.115 e. The molecule has 0 aromatic heterocycles. The standard InChI is InChI=1S/C15H16ClNO/c1-10-5-3-8-14(16)15(10)17-11(2)12-6-4-7-13(18)9-12/h3-9,11,17-18H,1-2H3. The lowest BCUT2D eigenvalue weighted by Crippen LogP contribution is -2.08. The van der Waals surface area contributed by atoms with Crippen LogP contribution in [0, 0.1) is 6.92 Å². The number of aryl methyl sites for hydroxylation is 1. The normalized spacial score (nSPS) is 12.2. The van der Waals surface area contributed by atoms with Gasteiger partial charge >= 0.3 is 0 Å². The fourth-order valence-electron chi connectivity index (χ4n) is 1.91. The van der Waals surface area contributed by atoms with Crippen molar-refractivity contribution in [2.75, 3.05) is 5.32 Å². The lowest BCUT2D eigenvalue weighted by atomic mass is 10.1. The van der Waals surface area contributed by atoms with Crippen LogP contribution in [0.25, 0.3) is 0 Å². The summed E-state index contributed by atoms with van der Waals surface area (Å²) in [7, 11) is 0. The molecule has 0 aliphatic heterocycles. The molecular formula is C15H16ClNO. The number of halogens is 1. The Balaban J connectivity index is 2.24. The minimum absolute atomic E-state index is 0.0794. The number of para-hydroxylation sites is 1. The van der Waals surface area contributed by atoms with Crippen LogP contribution in [0.4, 0.5) is 5.69 Å². The van der Waals surface area contributed by atoms with Crippen LogP contribution in [0.2, 0.25) is 5.02 Å². The zero-order valence-electron chi connectivity index (χ0n) is 10.4. The number of phenols is 1. The lowest BCUT2D eigenvalue weighted by molar-refractivity contribution is 0.474. The highest BCUT2D eigenvalue weighted by Gasteiger charge is 2.09. The molecular weight excluding hydrogens is 246 g/mol. The molecule has 0 spiro atoms. The number of rotatable bonds is 3. The number of aromatic hydroxyl groups is 1. The predicted molar refractivity (Wildman–Crippen MR) is 76.3 cm³/mol. The summed E-state index contributed by atoms with van der Waals surface area (Å²) >= 11 is 6.18. The van der Waals surface area contributed by atoms with E-state index in [1.807, 2.05) is 44.2 Å². The van der Waals surface area contributed by atoms with Crippen LogP contribution in [-0.4, -0.2) is 5.11 Å². The maximum absolute atomic E-state index is 9.48. The largest absolute Gasteiger partial charge is 0.508 e. The fraction of sp³-hybridized carbons (Fsp3) is 0.200. The van der Waals surface area contributed by atoms with Gasteiger partial charge in [-0.3, -0.25) is 0 Å². The molecule has 2 rings (SSSR count). The van der Waals surface area contributed by atoms with Crippen molar-refractivity contribution < 1.29 is 5.11 Å². The van der Waals surface area contributed by atoms with Gasteiger partial charge in [0.1, 0.15) is 5.75 Å². The summed E-state index contributed by atoms with van der Waals surface area (Å²) in [5.74, 6) is 0.275. The van der Waals surface area contributed by atoms with Crippen LogP contribution in [0.15, 0.2) is 42.5 Å². The predicted octanol–water partition coefficient (Wildman–Crippen LogP) is 4.53. The summed E-state index contributed by atoms with van der Waals surface area (Å²) in [6.45, 7) is 4.06. The van der Waals surface area contributed by atoms with E-state index in [1.165, 1.54) is 0 Å². The molecule has 0 heterocycles. The second-order valence-electron chi connectivity index (χ2n) is 4.39. The average molecular weight is 262 g/mol. The monoisotopic (exact) mass is 261 g/mol. The Labute approximate surface area is 112 Å². The average Bonchev–Trinajstić information content (AvgIpc) is 2.34. The van der Waals surface area contributed by atoms with Crippen molar-refractivity contribution in [2.45, 2.75) is 19.9 Å². The summed E-state index contributed by atoms with van der Waals surface area (Å²) in [5.41, 5.74) is 3.07. The third-order valence-electron chi connectivity index (χ3n) is 2.95. The van der Waals surface area contributed by atoms with E-state index in [9.17, 15) is 5.11 Å². The highest BCUT2D eigenvalue weighted by molar-refractivity contribution is 6.33. The van der Waals surface area contributed by atoms with Gasteiger partial charge < -0.3 is 10.4 Å². The third-order valence-corrected chi connectivity index (χ3v) is 3.27. The van der Waals surface area contributed by atoms with Gasteiger partial charge in [-0.15, -0.1) is 0 Å². The number of hydrogen-bond donors (Lipinski definition) is 2. The molecule has 0 saturated carbocycles. The van der Waals surface area contributed by atoms with E-state index in [0.717, 1.165) is 16.8 Å². The van der Waals surface area contributed by atoms with E-state index in [0.29, 0.717) is 5.02 Å². The Morgan fingerprint density at radius 3 is 2.56 bits per heavy atom. The van der Waals surface area contributed by atoms with E-state index in [4.69, 9.17) is 11.6 Å². The molecule has 2 nitrogen and oxygen atoms in total. The Bertz CT molecular complexity index is 534. The second-order valence-corrected chi connectivity index (χ2v) is 4.80. The molecule has 18 heavy (non-hydrogen) atoms. The van der Waals surface area contributed by atoms with Crippen molar-refractivity contribution in [3.63, 3.8) is 0 Å². The summed E-state index contributed by atoms with van der Waals surface area (Å²) in [6.07, 6.45) is 0. The van der Waals surface area contributed by atoms with Crippen molar-refractivity contribution in [3.05, 3.63) is 58.6 Å². The van der Waals surface area contributed by atoms with Crippen molar-refractivity contribution in [3.8, 4) is 5.75 Å². The van der Waals surface area contributed by atoms with Crippen LogP contribution in [-0.2, 0) is 0 Å². The number of hydrogen-bond acceptors (Lipinski definition) is 2. The highest BCUT2D eigenvalue weighted by Crippen LogP contribution is 2.29. The molecule has 1 atom stereocenters. The van der Waals surface area contributed by atoms with Crippen LogP contribution in [0.1, 0.15) is 24.1 Å². The smallest absolute Gasteiger partial charge is 0.115 e. The number of benzene rings is 2. The topological polar surface area (TPSA) is 32.3 Å². The van der Waals surface area contributed by atoms with Gasteiger partial charge in [0.2, 0.25) is 0 Å². The Morgan fingerprint density at radius 1 is 1.17 bits per heavy atom. The second kappa shape index (κ2) is 5.32. The quantitative estimate of drug-likeness (QED) is 0.851. The SMILES string of the molecule is Cc1cccc(Cl)c1NC(C)c1cccc(O)c1. The van der Waals surface area contributed by atoms with Crippen LogP contribution in [0.3, 0.4) is 0 Å². The van der Waals surface area contributed by atoms with Gasteiger partial charge in [0, 0.05) is 6.04 Å². The Morgan fingerprint density at radius 2 is 1.89 bits per heavy atom. The highest BCUT2D eigenvalue weighted by atomic mass is 35.5. The van der Waals surface area contributed by atoms with Crippen molar-refractivity contribution in [1.82, 2.24) is 0 Å². The summed E-state index contributed by atoms with van der Waals surface area (Å²) in [4.78, 5) is 0. The molecule has 0 aliphatic rings. The number of nitrogens with one attached hydrogen (secondary N) is 1. The van der Waals surface area contributed by atoms with E-state index in [-0.39, 0.29) is 11.8 Å². The Kier molecular flexibility index (Phi) is 3.78. The third kappa shape index (κ3) is 2.77. The number of anilines is 1. The van der Waals surface area contributed by atoms with Crippen LogP contribution < -0.4 is 5.32 Å². The molecule has 1 unspecified atom stereocenters. The maximum atomic E-state index is 9.48. The minimum atomic E-state index is 0.0794. The van der Waals surface area contributed by atoms with Gasteiger partial charge in [-0.1, -0.05) is 35.9 Å². The Hall–Kier alpha value is -1.67. The molecule has 2 aromatic carbocycles. The van der Waals surface area contributed by atoms with Crippen molar-refractivity contribution in [2.24, 2.45) is 0 Å². The van der Waals surface area contributed by atoms with Gasteiger partial charge in [-0.2, -0.15) is 0 Å². The summed E-state index contributed by atoms with van der Waals surface area (Å²) in [5, 5.41) is 13.6. The first-order valence-corrected chi connectivity index (χ1v) is 6.26. The summed E-state index contributed by atoms with van der Waals surface area (Å²) in [6, 6.07) is 13.1. The van der Waals surface area contributed by atoms with Crippen molar-refractivity contribution >= 4 is 17.3 Å². The zero-order valence-corrected chi connectivity index (χ0v) is 11.2. The molecule has 0 aliphatic carbocycles. The fourth-order valence-corrected chi connectivity index (χ4v) is 2.19. The summed E-state index contributed by atoms with van der Waals surface area (Å²) < 4.78 is 0. The molecule has 3 heteroatoms. The molecule has 0 saturated heterocycles. The van der Waals surface area contributed by atoms with E-state index in [2.05, 4.69) is 5.32 Å². The van der Waals surface area contributed by atoms with Gasteiger partial charge in [0.15, 0.2) is 0 Å². The van der Waals surface area contributed by atoms with Crippen LogP contribution >= 0.6 is 11.6 Å². The first kappa shape index (κ1) is 12.8. The van der Waals surface area contributed by atoms with E-state index in [1.54, 1.807) is 12.1 Å². The first-order valence-electron chi connectivity index (χ1n) is 5.88. The minimum Gasteiger partial charge on any atom is -0.508 e. The zero-order chi connectivity index (χ0) is 13.1. The van der Waals surface area contributed by atoms with Gasteiger partial charge in [0.25, 0.3) is 0 Å². The molecule has 94 valence electrons. The molecule has 0 bridgehead atoms. The van der Waals surface area contributed by atoms with E-state index >= 15 is 0 Å². The van der Waals surface area contributed by atoms with Gasteiger partial charge in [0.05, 0.1) is 10.7 Å². The molecule has 0 fully saturated rings. The lowest BCUT2D eigenvalue weighted by Gasteiger charge is -2.18. The first-order chi connectivity index (χ1) is 8.58. The molecule has 0 radical (unpaired) electrons. The van der Waals surface area contributed by atoms with E-state index < -0.39 is 0 Å². The molecule has 2 aromatic rings. The van der Waals surface area contributed by atoms with Gasteiger partial charge in [-0.25, -0.2) is 0 Å². The molecule has 0 amide bonds. The van der Waals surface area contributed by atoms with Gasteiger partial charge in [-0.05, 0) is 43.2 Å². The number of phenolic OH excluding ortho intramolecular Hbond substituents is 1. The van der Waals surface area contributed by atoms with Crippen molar-refractivity contribution in [1.29, 1.82) is 0 Å². The molecule has 2 N–H and O–H groups in total. The van der Waals surface area contributed by atoms with Crippen LogP contribution in [0.5, 0.6) is 5.75 Å².